The van der Waals surface area contributed by atoms with E-state index in [1.165, 1.54) is 12.1 Å². The van der Waals surface area contributed by atoms with E-state index in [1.807, 2.05) is 6.92 Å². The molecule has 0 radical (unpaired) electrons. The van der Waals surface area contributed by atoms with Crippen LogP contribution in [-0.4, -0.2) is 39.8 Å². The van der Waals surface area contributed by atoms with Crippen LogP contribution < -0.4 is 5.32 Å². The Bertz CT molecular complexity index is 1080. The molecule has 4 rings (SSSR count). The first-order valence-corrected chi connectivity index (χ1v) is 10.7. The van der Waals surface area contributed by atoms with Crippen LogP contribution in [0.5, 0.6) is 0 Å². The van der Waals surface area contributed by atoms with Crippen molar-refractivity contribution in [2.24, 2.45) is 0 Å². The van der Waals surface area contributed by atoms with Crippen LogP contribution in [0.3, 0.4) is 0 Å². The highest BCUT2D eigenvalue weighted by atomic mass is 32.2. The Morgan fingerprint density at radius 1 is 1.14 bits per heavy atom. The molecule has 2 aromatic rings. The van der Waals surface area contributed by atoms with Gasteiger partial charge in [0.1, 0.15) is 11.6 Å². The van der Waals surface area contributed by atoms with E-state index < -0.39 is 29.7 Å². The van der Waals surface area contributed by atoms with E-state index >= 15 is 0 Å². The smallest absolute Gasteiger partial charge is 0.294 e. The van der Waals surface area contributed by atoms with Crippen molar-refractivity contribution < 1.29 is 21.2 Å². The summed E-state index contributed by atoms with van der Waals surface area (Å²) in [5, 5.41) is 11.5. The number of piperidine rings is 1. The molecule has 3 heterocycles. The van der Waals surface area contributed by atoms with Crippen LogP contribution in [0.15, 0.2) is 29.2 Å². The highest BCUT2D eigenvalue weighted by Gasteiger charge is 2.37. The minimum atomic E-state index is -4.02. The summed E-state index contributed by atoms with van der Waals surface area (Å²) in [6.45, 7) is -1.70. The first-order chi connectivity index (χ1) is 15.6. The van der Waals surface area contributed by atoms with Crippen LogP contribution in [0.25, 0.3) is 0 Å². The summed E-state index contributed by atoms with van der Waals surface area (Å²) in [6.07, 6.45) is 4.02. The summed E-state index contributed by atoms with van der Waals surface area (Å²) >= 11 is 0. The fourth-order valence-electron chi connectivity index (χ4n) is 3.97. The number of hydrogen-bond donors (Lipinski definition) is 2. The molecular formula is C20H30N4O3S. The molecule has 1 aromatic heterocycles. The van der Waals surface area contributed by atoms with Crippen LogP contribution >= 0.6 is 0 Å². The van der Waals surface area contributed by atoms with Gasteiger partial charge in [-0.2, -0.15) is 8.42 Å². The maximum absolute atomic E-state index is 10.5. The number of rotatable bonds is 3. The molecule has 0 spiro atoms. The van der Waals surface area contributed by atoms with Gasteiger partial charge >= 0.3 is 0 Å². The summed E-state index contributed by atoms with van der Waals surface area (Å²) in [5.41, 5.74) is 0.956. The lowest BCUT2D eigenvalue weighted by molar-refractivity contribution is 0.279. The van der Waals surface area contributed by atoms with Crippen LogP contribution in [0.1, 0.15) is 76.8 Å². The van der Waals surface area contributed by atoms with Crippen LogP contribution in [-0.2, 0) is 10.1 Å². The lowest BCUT2D eigenvalue weighted by Crippen LogP contribution is -2.42. The quantitative estimate of drug-likeness (QED) is 0.750. The van der Waals surface area contributed by atoms with Crippen LogP contribution in [0.2, 0.25) is 0 Å². The van der Waals surface area contributed by atoms with E-state index in [1.54, 1.807) is 23.6 Å². The molecule has 28 heavy (non-hydrogen) atoms. The van der Waals surface area contributed by atoms with Gasteiger partial charge in [0.05, 0.1) is 10.9 Å². The second-order valence-corrected chi connectivity index (χ2v) is 8.81. The second-order valence-electron chi connectivity index (χ2n) is 7.39. The first kappa shape index (κ1) is 14.3. The summed E-state index contributed by atoms with van der Waals surface area (Å²) in [5.74, 6) is -0.967. The molecular weight excluding hydrogens is 376 g/mol. The zero-order chi connectivity index (χ0) is 25.5. The van der Waals surface area contributed by atoms with Gasteiger partial charge in [-0.25, -0.2) is 0 Å². The van der Waals surface area contributed by atoms with Gasteiger partial charge in [0.25, 0.3) is 10.1 Å². The lowest BCUT2D eigenvalue weighted by atomic mass is 9.98. The Kier molecular flexibility index (Phi) is 4.23. The predicted octanol–water partition coefficient (Wildman–Crippen LogP) is 3.41. The topological polar surface area (TPSA) is 97.1 Å². The SMILES string of the molecule is Cc1ccc(S(=O)(=O)O)cc1.[2H]C([2H])([2H])C(c1nnc(C)n1[C@@H]1CC[C@H]2CC[C@@H]1N2)C([2H])([2H])[2H]. The molecule has 2 aliphatic rings. The van der Waals surface area contributed by atoms with E-state index in [2.05, 4.69) is 15.5 Å². The maximum atomic E-state index is 10.5. The van der Waals surface area contributed by atoms with Crippen LogP contribution in [0, 0.1) is 13.8 Å². The predicted molar refractivity (Wildman–Crippen MR) is 108 cm³/mol. The molecule has 0 amide bonds. The molecule has 8 heteroatoms. The average molecular weight is 413 g/mol. The lowest BCUT2D eigenvalue weighted by Gasteiger charge is -2.33. The molecule has 3 atom stereocenters. The largest absolute Gasteiger partial charge is 0.310 e. The van der Waals surface area contributed by atoms with Crippen LogP contribution in [0.4, 0.5) is 0 Å². The summed E-state index contributed by atoms with van der Waals surface area (Å²) in [6, 6.07) is 6.76. The molecule has 2 aliphatic heterocycles. The van der Waals surface area contributed by atoms with Gasteiger partial charge in [0.15, 0.2) is 0 Å². The molecule has 2 N–H and O–H groups in total. The summed E-state index contributed by atoms with van der Waals surface area (Å²) < 4.78 is 77.4. The van der Waals surface area contributed by atoms with E-state index in [0.29, 0.717) is 11.9 Å². The minimum Gasteiger partial charge on any atom is -0.310 e. The van der Waals surface area contributed by atoms with Crippen molar-refractivity contribution in [3.05, 3.63) is 41.5 Å². The van der Waals surface area contributed by atoms with Gasteiger partial charge in [-0.3, -0.25) is 4.55 Å². The van der Waals surface area contributed by atoms with Crippen molar-refractivity contribution in [3.8, 4) is 0 Å². The van der Waals surface area contributed by atoms with E-state index in [0.717, 1.165) is 31.2 Å². The third kappa shape index (κ3) is 4.61. The molecule has 0 saturated carbocycles. The van der Waals surface area contributed by atoms with Gasteiger partial charge in [0, 0.05) is 26.2 Å². The van der Waals surface area contributed by atoms with Crippen molar-refractivity contribution in [2.45, 2.75) is 82.2 Å². The number of fused-ring (bicyclic) bond motifs is 2. The standard InChI is InChI=1S/C13H22N4.C7H8O3S/c1-8(2)13-16-15-9(3)17(13)12-7-5-10-4-6-11(12)14-10;1-6-2-4-7(5-3-6)11(8,9)10/h8,10-12,14H,4-7H2,1-3H3;2-5H,1H3,(H,8,9,10)/t10-,11+,12-;/m1./s1/i1D3,2D3;. The number of aryl methyl sites for hydroxylation is 2. The van der Waals surface area contributed by atoms with Crippen molar-refractivity contribution in [2.75, 3.05) is 0 Å². The molecule has 0 aliphatic carbocycles. The first-order valence-electron chi connectivity index (χ1n) is 12.3. The van der Waals surface area contributed by atoms with E-state index in [9.17, 15) is 8.42 Å². The number of nitrogens with one attached hydrogen (secondary N) is 1. The molecule has 2 fully saturated rings. The highest BCUT2D eigenvalue weighted by molar-refractivity contribution is 7.85. The van der Waals surface area contributed by atoms with Crippen molar-refractivity contribution in [1.82, 2.24) is 20.1 Å². The summed E-state index contributed by atoms with van der Waals surface area (Å²) in [7, 11) is -4.02. The number of hydrogen-bond acceptors (Lipinski definition) is 5. The Labute approximate surface area is 175 Å². The molecule has 7 nitrogen and oxygen atoms in total. The Balaban J connectivity index is 0.000000248. The molecule has 0 unspecified atom stereocenters. The van der Waals surface area contributed by atoms with Crippen molar-refractivity contribution in [1.29, 1.82) is 0 Å². The fourth-order valence-corrected chi connectivity index (χ4v) is 4.45. The Hall–Kier alpha value is -1.77. The molecule has 154 valence electrons. The summed E-state index contributed by atoms with van der Waals surface area (Å²) in [4.78, 5) is -0.0666. The second kappa shape index (κ2) is 8.31. The van der Waals surface area contributed by atoms with Gasteiger partial charge < -0.3 is 9.88 Å². The van der Waals surface area contributed by atoms with Crippen molar-refractivity contribution >= 4 is 10.1 Å². The fraction of sp³-hybridized carbons (Fsp3) is 0.600. The molecule has 2 saturated heterocycles. The highest BCUT2D eigenvalue weighted by Crippen LogP contribution is 2.36. The van der Waals surface area contributed by atoms with Crippen molar-refractivity contribution in [3.63, 3.8) is 0 Å². The normalized spacial score (nSPS) is 28.2. The average Bonchev–Trinajstić information content (AvgIpc) is 3.24. The Morgan fingerprint density at radius 3 is 2.46 bits per heavy atom. The van der Waals surface area contributed by atoms with Gasteiger partial charge in [-0.1, -0.05) is 31.4 Å². The molecule has 1 aromatic carbocycles. The van der Waals surface area contributed by atoms with Gasteiger partial charge in [-0.15, -0.1) is 10.2 Å². The Morgan fingerprint density at radius 2 is 1.82 bits per heavy atom. The number of aromatic nitrogens is 3. The number of benzene rings is 1. The molecule has 2 bridgehead atoms. The zero-order valence-electron chi connectivity index (χ0n) is 22.0. The van der Waals surface area contributed by atoms with E-state index in [-0.39, 0.29) is 22.8 Å². The minimum absolute atomic E-state index is 0.0194. The zero-order valence-corrected chi connectivity index (χ0v) is 16.8. The third-order valence-corrected chi connectivity index (χ3v) is 6.22. The van der Waals surface area contributed by atoms with Gasteiger partial charge in [-0.05, 0) is 51.7 Å². The monoisotopic (exact) mass is 412 g/mol. The van der Waals surface area contributed by atoms with Gasteiger partial charge in [0.2, 0.25) is 0 Å². The van der Waals surface area contributed by atoms with E-state index in [4.69, 9.17) is 12.8 Å². The third-order valence-electron chi connectivity index (χ3n) is 5.35. The maximum Gasteiger partial charge on any atom is 0.294 e. The number of nitrogens with zero attached hydrogens (tertiary/aromatic N) is 3.